The molecule has 0 heterocycles. The van der Waals surface area contributed by atoms with Crippen LogP contribution in [0.5, 0.6) is 0 Å². The van der Waals surface area contributed by atoms with Crippen LogP contribution in [0.3, 0.4) is 0 Å². The molecule has 0 aromatic heterocycles. The number of amides is 1. The van der Waals surface area contributed by atoms with Crippen LogP contribution in [0.25, 0.3) is 0 Å². The molecule has 1 amide bonds. The van der Waals surface area contributed by atoms with E-state index < -0.39 is 0 Å². The van der Waals surface area contributed by atoms with E-state index in [1.165, 1.54) is 32.1 Å². The number of unbranched alkanes of at least 4 members (excludes halogenated alkanes) is 6. The van der Waals surface area contributed by atoms with Gasteiger partial charge in [0.15, 0.2) is 0 Å². The van der Waals surface area contributed by atoms with Gasteiger partial charge in [-0.05, 0) is 32.2 Å². The van der Waals surface area contributed by atoms with Gasteiger partial charge in [0.05, 0.1) is 0 Å². The first-order valence-electron chi connectivity index (χ1n) is 6.89. The summed E-state index contributed by atoms with van der Waals surface area (Å²) < 4.78 is 0. The minimum Gasteiger partial charge on any atom is -0.356 e. The zero-order valence-corrected chi connectivity index (χ0v) is 11.0. The van der Waals surface area contributed by atoms with Gasteiger partial charge < -0.3 is 11.1 Å². The molecule has 0 saturated carbocycles. The summed E-state index contributed by atoms with van der Waals surface area (Å²) in [6, 6.07) is 0. The van der Waals surface area contributed by atoms with Crippen LogP contribution in [0.15, 0.2) is 12.7 Å². The smallest absolute Gasteiger partial charge is 0.219 e. The molecule has 0 radical (unpaired) electrons. The fraction of sp³-hybridized carbons (Fsp3) is 0.786. The second-order valence-electron chi connectivity index (χ2n) is 4.44. The van der Waals surface area contributed by atoms with Gasteiger partial charge in [0.25, 0.3) is 0 Å². The molecule has 3 N–H and O–H groups in total. The van der Waals surface area contributed by atoms with Crippen LogP contribution in [0.4, 0.5) is 0 Å². The lowest BCUT2D eigenvalue weighted by Gasteiger charge is -2.04. The molecule has 0 aromatic carbocycles. The van der Waals surface area contributed by atoms with Crippen molar-refractivity contribution in [1.29, 1.82) is 0 Å². The van der Waals surface area contributed by atoms with Gasteiger partial charge in [-0.15, -0.1) is 6.58 Å². The first kappa shape index (κ1) is 16.2. The van der Waals surface area contributed by atoms with Gasteiger partial charge >= 0.3 is 0 Å². The first-order valence-corrected chi connectivity index (χ1v) is 6.89. The Morgan fingerprint density at radius 1 is 1.06 bits per heavy atom. The number of nitrogens with one attached hydrogen (secondary N) is 1. The van der Waals surface area contributed by atoms with Gasteiger partial charge in [0, 0.05) is 13.0 Å². The molecule has 3 heteroatoms. The zero-order chi connectivity index (χ0) is 12.8. The van der Waals surface area contributed by atoms with Gasteiger partial charge in [-0.25, -0.2) is 0 Å². The molecule has 0 unspecified atom stereocenters. The Kier molecular flexibility index (Phi) is 12.6. The van der Waals surface area contributed by atoms with Gasteiger partial charge in [0.2, 0.25) is 5.91 Å². The number of hydrogen-bond acceptors (Lipinski definition) is 2. The Balaban J connectivity index is 3.11. The summed E-state index contributed by atoms with van der Waals surface area (Å²) in [6.07, 6.45) is 11.9. The monoisotopic (exact) mass is 240 g/mol. The minimum atomic E-state index is 0.171. The average molecular weight is 240 g/mol. The molecule has 0 aliphatic rings. The topological polar surface area (TPSA) is 55.1 Å². The Labute approximate surface area is 106 Å². The summed E-state index contributed by atoms with van der Waals surface area (Å²) in [7, 11) is 0. The number of rotatable bonds is 12. The van der Waals surface area contributed by atoms with Crippen LogP contribution in [0.1, 0.15) is 57.8 Å². The molecule has 3 nitrogen and oxygen atoms in total. The Bertz CT molecular complexity index is 193. The zero-order valence-electron chi connectivity index (χ0n) is 11.0. The van der Waals surface area contributed by atoms with Crippen molar-refractivity contribution >= 4 is 5.91 Å². The largest absolute Gasteiger partial charge is 0.356 e. The van der Waals surface area contributed by atoms with Crippen molar-refractivity contribution < 1.29 is 4.79 Å². The van der Waals surface area contributed by atoms with Crippen molar-refractivity contribution in [3.63, 3.8) is 0 Å². The van der Waals surface area contributed by atoms with Crippen LogP contribution in [-0.4, -0.2) is 19.0 Å². The SMILES string of the molecule is C=CCCCCCCCCC(=O)NCCCN. The fourth-order valence-electron chi connectivity index (χ4n) is 1.70. The van der Waals surface area contributed by atoms with Crippen molar-refractivity contribution in [3.8, 4) is 0 Å². The van der Waals surface area contributed by atoms with E-state index in [2.05, 4.69) is 11.9 Å². The van der Waals surface area contributed by atoms with Crippen LogP contribution in [0.2, 0.25) is 0 Å². The predicted octanol–water partition coefficient (Wildman–Crippen LogP) is 2.76. The van der Waals surface area contributed by atoms with Crippen molar-refractivity contribution in [2.24, 2.45) is 5.73 Å². The number of allylic oxidation sites excluding steroid dienone is 1. The van der Waals surface area contributed by atoms with Gasteiger partial charge in [-0.3, -0.25) is 4.79 Å². The highest BCUT2D eigenvalue weighted by molar-refractivity contribution is 5.75. The normalized spacial score (nSPS) is 10.2. The summed E-state index contributed by atoms with van der Waals surface area (Å²) in [5, 5.41) is 2.87. The summed E-state index contributed by atoms with van der Waals surface area (Å²) >= 11 is 0. The Morgan fingerprint density at radius 2 is 1.71 bits per heavy atom. The molecule has 0 fully saturated rings. The van der Waals surface area contributed by atoms with E-state index in [0.717, 1.165) is 25.8 Å². The number of carbonyl (C=O) groups is 1. The molecular formula is C14H28N2O. The van der Waals surface area contributed by atoms with Crippen molar-refractivity contribution in [3.05, 3.63) is 12.7 Å². The summed E-state index contributed by atoms with van der Waals surface area (Å²) in [6.45, 7) is 5.07. The number of nitrogens with two attached hydrogens (primary N) is 1. The highest BCUT2D eigenvalue weighted by atomic mass is 16.1. The van der Waals surface area contributed by atoms with Crippen LogP contribution < -0.4 is 11.1 Å². The minimum absolute atomic E-state index is 0.171. The third kappa shape index (κ3) is 13.1. The van der Waals surface area contributed by atoms with E-state index in [4.69, 9.17) is 5.73 Å². The maximum atomic E-state index is 11.3. The van der Waals surface area contributed by atoms with Crippen LogP contribution >= 0.6 is 0 Å². The lowest BCUT2D eigenvalue weighted by atomic mass is 10.1. The van der Waals surface area contributed by atoms with Crippen LogP contribution in [-0.2, 0) is 4.79 Å². The fourth-order valence-corrected chi connectivity index (χ4v) is 1.70. The molecule has 0 saturated heterocycles. The third-order valence-corrected chi connectivity index (χ3v) is 2.77. The van der Waals surface area contributed by atoms with E-state index in [0.29, 0.717) is 13.0 Å². The number of carbonyl (C=O) groups excluding carboxylic acids is 1. The highest BCUT2D eigenvalue weighted by Crippen LogP contribution is 2.08. The van der Waals surface area contributed by atoms with E-state index in [1.807, 2.05) is 6.08 Å². The highest BCUT2D eigenvalue weighted by Gasteiger charge is 1.99. The molecule has 0 aliphatic heterocycles. The Hall–Kier alpha value is -0.830. The number of hydrogen-bond donors (Lipinski definition) is 2. The second-order valence-corrected chi connectivity index (χ2v) is 4.44. The van der Waals surface area contributed by atoms with Crippen molar-refractivity contribution in [2.45, 2.75) is 57.8 Å². The molecule has 0 bridgehead atoms. The third-order valence-electron chi connectivity index (χ3n) is 2.77. The predicted molar refractivity (Wildman–Crippen MR) is 73.8 cm³/mol. The standard InChI is InChI=1S/C14H28N2O/c1-2-3-4-5-6-7-8-9-11-14(17)16-13-10-12-15/h2H,1,3-13,15H2,(H,16,17). The molecule has 0 aliphatic carbocycles. The Morgan fingerprint density at radius 3 is 2.35 bits per heavy atom. The van der Waals surface area contributed by atoms with Gasteiger partial charge in [0.1, 0.15) is 0 Å². The molecule has 100 valence electrons. The first-order chi connectivity index (χ1) is 8.31. The molecular weight excluding hydrogens is 212 g/mol. The second kappa shape index (κ2) is 13.2. The van der Waals surface area contributed by atoms with Gasteiger partial charge in [-0.1, -0.05) is 31.8 Å². The van der Waals surface area contributed by atoms with Crippen molar-refractivity contribution in [1.82, 2.24) is 5.32 Å². The lowest BCUT2D eigenvalue weighted by molar-refractivity contribution is -0.121. The molecule has 0 atom stereocenters. The average Bonchev–Trinajstić information content (AvgIpc) is 2.33. The quantitative estimate of drug-likeness (QED) is 0.407. The van der Waals surface area contributed by atoms with Crippen LogP contribution in [0, 0.1) is 0 Å². The van der Waals surface area contributed by atoms with E-state index in [-0.39, 0.29) is 5.91 Å². The maximum absolute atomic E-state index is 11.3. The lowest BCUT2D eigenvalue weighted by Crippen LogP contribution is -2.25. The van der Waals surface area contributed by atoms with E-state index >= 15 is 0 Å². The van der Waals surface area contributed by atoms with Crippen molar-refractivity contribution in [2.75, 3.05) is 13.1 Å². The van der Waals surface area contributed by atoms with E-state index in [9.17, 15) is 4.79 Å². The molecule has 0 rings (SSSR count). The molecule has 17 heavy (non-hydrogen) atoms. The van der Waals surface area contributed by atoms with E-state index in [1.54, 1.807) is 0 Å². The maximum Gasteiger partial charge on any atom is 0.219 e. The summed E-state index contributed by atoms with van der Waals surface area (Å²) in [5.41, 5.74) is 5.35. The van der Waals surface area contributed by atoms with Gasteiger partial charge in [-0.2, -0.15) is 0 Å². The summed E-state index contributed by atoms with van der Waals surface area (Å²) in [5.74, 6) is 0.171. The summed E-state index contributed by atoms with van der Waals surface area (Å²) in [4.78, 5) is 11.3. The molecule has 0 spiro atoms. The molecule has 0 aromatic rings.